The molecular weight excluding hydrogens is 280 g/mol. The van der Waals surface area contributed by atoms with Crippen LogP contribution in [0.15, 0.2) is 41.8 Å². The Hall–Kier alpha value is -0.310. The summed E-state index contributed by atoms with van der Waals surface area (Å²) < 4.78 is 0. The van der Waals surface area contributed by atoms with Crippen molar-refractivity contribution >= 4 is 38.9 Å². The van der Waals surface area contributed by atoms with Crippen molar-refractivity contribution < 1.29 is 0 Å². The molecule has 1 heterocycles. The smallest absolute Gasteiger partial charge is 0.0752 e. The van der Waals surface area contributed by atoms with Crippen molar-refractivity contribution in [3.8, 4) is 0 Å². The number of benzene rings is 1. The summed E-state index contributed by atoms with van der Waals surface area (Å²) in [4.78, 5) is 1.48. The van der Waals surface area contributed by atoms with Gasteiger partial charge in [-0.05, 0) is 23.1 Å². The van der Waals surface area contributed by atoms with Crippen LogP contribution in [-0.4, -0.2) is 0 Å². The average Bonchev–Trinajstić information content (AvgIpc) is 2.70. The second-order valence-corrected chi connectivity index (χ2v) is 5.20. The van der Waals surface area contributed by atoms with E-state index < -0.39 is 0 Å². The van der Waals surface area contributed by atoms with Gasteiger partial charge in [0.25, 0.3) is 0 Å². The first-order valence-corrected chi connectivity index (χ1v) is 6.38. The van der Waals surface area contributed by atoms with Gasteiger partial charge in [0.15, 0.2) is 0 Å². The van der Waals surface area contributed by atoms with Crippen molar-refractivity contribution in [3.63, 3.8) is 0 Å². The van der Waals surface area contributed by atoms with Crippen LogP contribution < -0.4 is 0 Å². The van der Waals surface area contributed by atoms with E-state index in [1.807, 2.05) is 30.3 Å². The third-order valence-corrected chi connectivity index (χ3v) is 4.54. The monoisotopic (exact) mass is 286 g/mol. The van der Waals surface area contributed by atoms with Gasteiger partial charge in [-0.1, -0.05) is 51.8 Å². The molecule has 1 aromatic heterocycles. The molecular formula is C11H8BrClS. The molecule has 0 radical (unpaired) electrons. The molecule has 0 bridgehead atoms. The van der Waals surface area contributed by atoms with Crippen molar-refractivity contribution in [3.05, 3.63) is 57.2 Å². The van der Waals surface area contributed by atoms with Gasteiger partial charge < -0.3 is 0 Å². The Morgan fingerprint density at radius 1 is 1.14 bits per heavy atom. The van der Waals surface area contributed by atoms with Gasteiger partial charge in [0, 0.05) is 9.90 Å². The van der Waals surface area contributed by atoms with Crippen LogP contribution in [0.4, 0.5) is 0 Å². The molecule has 72 valence electrons. The Morgan fingerprint density at radius 2 is 1.93 bits per heavy atom. The summed E-state index contributed by atoms with van der Waals surface area (Å²) in [6, 6.07) is 12.1. The Labute approximate surface area is 101 Å². The van der Waals surface area contributed by atoms with Crippen molar-refractivity contribution in [1.82, 2.24) is 0 Å². The van der Waals surface area contributed by atoms with E-state index in [4.69, 9.17) is 11.6 Å². The minimum atomic E-state index is 0.205. The summed E-state index contributed by atoms with van der Waals surface area (Å²) in [5, 5.41) is 2.88. The van der Waals surface area contributed by atoms with Gasteiger partial charge in [-0.15, -0.1) is 11.3 Å². The largest absolute Gasteiger partial charge is 0.147 e. The number of thiophene rings is 1. The van der Waals surface area contributed by atoms with Crippen molar-refractivity contribution in [2.45, 2.75) is 4.83 Å². The predicted octanol–water partition coefficient (Wildman–Crippen LogP) is 4.89. The molecule has 0 aliphatic carbocycles. The topological polar surface area (TPSA) is 0 Å². The van der Waals surface area contributed by atoms with Crippen molar-refractivity contribution in [2.24, 2.45) is 0 Å². The van der Waals surface area contributed by atoms with E-state index in [1.165, 1.54) is 4.88 Å². The average molecular weight is 288 g/mol. The molecule has 0 N–H and O–H groups in total. The quantitative estimate of drug-likeness (QED) is 0.690. The standard InChI is InChI=1S/C11H8BrClS/c12-11(10-6-3-7-14-10)8-4-1-2-5-9(8)13/h1-7,11H. The van der Waals surface area contributed by atoms with Crippen LogP contribution in [0, 0.1) is 0 Å². The molecule has 0 saturated carbocycles. The predicted molar refractivity (Wildman–Crippen MR) is 66.5 cm³/mol. The molecule has 3 heteroatoms. The summed E-state index contributed by atoms with van der Waals surface area (Å²) in [5.41, 5.74) is 1.12. The molecule has 1 unspecified atom stereocenters. The lowest BCUT2D eigenvalue weighted by Crippen LogP contribution is -1.89. The molecule has 1 atom stereocenters. The van der Waals surface area contributed by atoms with Gasteiger partial charge in [0.1, 0.15) is 0 Å². The fraction of sp³-hybridized carbons (Fsp3) is 0.0909. The molecule has 0 saturated heterocycles. The Balaban J connectivity index is 2.37. The third kappa shape index (κ3) is 2.02. The summed E-state index contributed by atoms with van der Waals surface area (Å²) in [6.07, 6.45) is 0. The van der Waals surface area contributed by atoms with Crippen molar-refractivity contribution in [2.75, 3.05) is 0 Å². The lowest BCUT2D eigenvalue weighted by Gasteiger charge is -2.09. The third-order valence-electron chi connectivity index (χ3n) is 1.97. The number of alkyl halides is 1. The molecule has 0 amide bonds. The molecule has 0 aliphatic heterocycles. The lowest BCUT2D eigenvalue weighted by molar-refractivity contribution is 1.23. The van der Waals surface area contributed by atoms with Crippen LogP contribution in [0.1, 0.15) is 15.3 Å². The zero-order valence-electron chi connectivity index (χ0n) is 7.28. The minimum absolute atomic E-state index is 0.205. The zero-order chi connectivity index (χ0) is 9.97. The number of rotatable bonds is 2. The number of halogens is 2. The highest BCUT2D eigenvalue weighted by Crippen LogP contribution is 2.36. The van der Waals surface area contributed by atoms with Crippen LogP contribution in [0.2, 0.25) is 5.02 Å². The lowest BCUT2D eigenvalue weighted by atomic mass is 10.1. The van der Waals surface area contributed by atoms with E-state index in [0.717, 1.165) is 10.6 Å². The molecule has 2 rings (SSSR count). The van der Waals surface area contributed by atoms with Crippen LogP contribution in [-0.2, 0) is 0 Å². The Kier molecular flexibility index (Phi) is 3.26. The summed E-state index contributed by atoms with van der Waals surface area (Å²) in [5.74, 6) is 0. The maximum atomic E-state index is 6.11. The molecule has 0 spiro atoms. The first kappa shape index (κ1) is 10.2. The van der Waals surface area contributed by atoms with E-state index in [-0.39, 0.29) is 4.83 Å². The van der Waals surface area contributed by atoms with E-state index in [9.17, 15) is 0 Å². The second-order valence-electron chi connectivity index (χ2n) is 2.90. The fourth-order valence-corrected chi connectivity index (χ4v) is 3.24. The van der Waals surface area contributed by atoms with Gasteiger partial charge in [0.2, 0.25) is 0 Å². The van der Waals surface area contributed by atoms with Crippen LogP contribution in [0.3, 0.4) is 0 Å². The first-order valence-electron chi connectivity index (χ1n) is 4.21. The SMILES string of the molecule is Clc1ccccc1C(Br)c1cccs1. The fourth-order valence-electron chi connectivity index (χ4n) is 1.27. The van der Waals surface area contributed by atoms with Gasteiger partial charge in [-0.2, -0.15) is 0 Å². The Morgan fingerprint density at radius 3 is 2.57 bits per heavy atom. The summed E-state index contributed by atoms with van der Waals surface area (Å²) in [7, 11) is 0. The van der Waals surface area contributed by atoms with Gasteiger partial charge >= 0.3 is 0 Å². The maximum Gasteiger partial charge on any atom is 0.0752 e. The molecule has 0 nitrogen and oxygen atoms in total. The van der Waals surface area contributed by atoms with E-state index in [1.54, 1.807) is 11.3 Å². The Bertz CT molecular complexity index is 411. The normalized spacial score (nSPS) is 12.7. The first-order chi connectivity index (χ1) is 6.79. The molecule has 1 aromatic carbocycles. The zero-order valence-corrected chi connectivity index (χ0v) is 10.4. The second kappa shape index (κ2) is 4.47. The highest BCUT2D eigenvalue weighted by atomic mass is 79.9. The van der Waals surface area contributed by atoms with E-state index in [2.05, 4.69) is 27.4 Å². The van der Waals surface area contributed by atoms with Crippen LogP contribution in [0.25, 0.3) is 0 Å². The maximum absolute atomic E-state index is 6.11. The highest BCUT2D eigenvalue weighted by Gasteiger charge is 2.13. The molecule has 2 aromatic rings. The highest BCUT2D eigenvalue weighted by molar-refractivity contribution is 9.09. The van der Waals surface area contributed by atoms with Gasteiger partial charge in [-0.25, -0.2) is 0 Å². The number of hydrogen-bond acceptors (Lipinski definition) is 1. The van der Waals surface area contributed by atoms with Crippen LogP contribution >= 0.6 is 38.9 Å². The summed E-state index contributed by atoms with van der Waals surface area (Å²) in [6.45, 7) is 0. The van der Waals surface area contributed by atoms with Crippen LogP contribution in [0.5, 0.6) is 0 Å². The number of hydrogen-bond donors (Lipinski definition) is 0. The van der Waals surface area contributed by atoms with E-state index >= 15 is 0 Å². The van der Waals surface area contributed by atoms with Crippen molar-refractivity contribution in [1.29, 1.82) is 0 Å². The molecule has 14 heavy (non-hydrogen) atoms. The molecule has 0 fully saturated rings. The van der Waals surface area contributed by atoms with E-state index in [0.29, 0.717) is 0 Å². The molecule has 0 aliphatic rings. The summed E-state index contributed by atoms with van der Waals surface area (Å²) >= 11 is 11.5. The minimum Gasteiger partial charge on any atom is -0.147 e. The van der Waals surface area contributed by atoms with Gasteiger partial charge in [0.05, 0.1) is 4.83 Å². The van der Waals surface area contributed by atoms with Gasteiger partial charge in [-0.3, -0.25) is 0 Å².